The van der Waals surface area contributed by atoms with Crippen LogP contribution in [0.2, 0.25) is 0 Å². The van der Waals surface area contributed by atoms with Gasteiger partial charge in [0.1, 0.15) is 29.0 Å². The number of likely N-dealkylation sites (tertiary alicyclic amines) is 2. The summed E-state index contributed by atoms with van der Waals surface area (Å²) in [7, 11) is 2.51. The number of fused-ring (bicyclic) bond motifs is 1. The Morgan fingerprint density at radius 2 is 1.53 bits per heavy atom. The van der Waals surface area contributed by atoms with E-state index in [1.807, 2.05) is 54.8 Å². The lowest BCUT2D eigenvalue weighted by Gasteiger charge is -2.30. The third-order valence-corrected chi connectivity index (χ3v) is 11.3. The lowest BCUT2D eigenvalue weighted by molar-refractivity contribution is -0.138. The summed E-state index contributed by atoms with van der Waals surface area (Å²) >= 11 is 1.32. The van der Waals surface area contributed by atoms with Crippen LogP contribution >= 0.6 is 11.3 Å². The largest absolute Gasteiger partial charge is 0.453 e. The van der Waals surface area contributed by atoms with Gasteiger partial charge in [-0.05, 0) is 42.7 Å². The zero-order valence-electron chi connectivity index (χ0n) is 32.1. The van der Waals surface area contributed by atoms with Crippen molar-refractivity contribution in [1.29, 1.82) is 0 Å². The van der Waals surface area contributed by atoms with Gasteiger partial charge in [-0.15, -0.1) is 0 Å². The molecule has 16 nitrogen and oxygen atoms in total. The molecule has 4 unspecified atom stereocenters. The van der Waals surface area contributed by atoms with Crippen molar-refractivity contribution < 1.29 is 33.4 Å². The van der Waals surface area contributed by atoms with Gasteiger partial charge < -0.3 is 40.2 Å². The van der Waals surface area contributed by atoms with Crippen LogP contribution in [0.4, 0.5) is 14.6 Å². The van der Waals surface area contributed by atoms with Gasteiger partial charge in [0.25, 0.3) is 5.91 Å². The molecular weight excluding hydrogens is 751 g/mol. The Hall–Kier alpha value is -6.23. The molecule has 4 atom stereocenters. The molecular formula is C40H45N9O7S. The number of amides is 5. The predicted molar refractivity (Wildman–Crippen MR) is 212 cm³/mol. The molecule has 0 saturated carbocycles. The number of hydrogen-bond acceptors (Lipinski definition) is 10. The molecule has 2 aromatic carbocycles. The van der Waals surface area contributed by atoms with Crippen molar-refractivity contribution in [3.05, 3.63) is 84.6 Å². The predicted octanol–water partition coefficient (Wildman–Crippen LogP) is 5.52. The number of rotatable bonds is 11. The summed E-state index contributed by atoms with van der Waals surface area (Å²) < 4.78 is 11.4. The first-order valence-electron chi connectivity index (χ1n) is 18.8. The van der Waals surface area contributed by atoms with E-state index in [1.54, 1.807) is 41.6 Å². The van der Waals surface area contributed by atoms with Crippen molar-refractivity contribution in [3.63, 3.8) is 0 Å². The molecule has 57 heavy (non-hydrogen) atoms. The Morgan fingerprint density at radius 1 is 0.842 bits per heavy atom. The van der Waals surface area contributed by atoms with Crippen LogP contribution in [0.1, 0.15) is 63.0 Å². The number of aromatic amines is 1. The van der Waals surface area contributed by atoms with Crippen LogP contribution in [0, 0.1) is 5.92 Å². The second-order valence-electron chi connectivity index (χ2n) is 14.4. The number of thiazole rings is 1. The molecule has 5 amide bonds. The van der Waals surface area contributed by atoms with Gasteiger partial charge in [-0.25, -0.2) is 19.6 Å². The van der Waals surface area contributed by atoms with Crippen LogP contribution in [0.5, 0.6) is 0 Å². The number of carbonyl (C=O) groups excluding carboxylic acids is 5. The highest BCUT2D eigenvalue weighted by Crippen LogP contribution is 2.34. The molecule has 0 spiro atoms. The summed E-state index contributed by atoms with van der Waals surface area (Å²) in [6.45, 7) is 4.73. The summed E-state index contributed by atoms with van der Waals surface area (Å²) in [6.07, 6.45) is 6.81. The maximum Gasteiger partial charge on any atom is 0.407 e. The number of methoxy groups -OCH3 is 2. The third kappa shape index (κ3) is 8.33. The van der Waals surface area contributed by atoms with E-state index in [2.05, 4.69) is 25.9 Å². The second kappa shape index (κ2) is 16.9. The molecule has 298 valence electrons. The van der Waals surface area contributed by atoms with E-state index in [0.717, 1.165) is 35.4 Å². The summed E-state index contributed by atoms with van der Waals surface area (Å²) in [5, 5.41) is 8.86. The van der Waals surface area contributed by atoms with Gasteiger partial charge in [0.15, 0.2) is 4.96 Å². The van der Waals surface area contributed by atoms with Gasteiger partial charge in [0.05, 0.1) is 37.8 Å². The van der Waals surface area contributed by atoms with Crippen LogP contribution in [0.15, 0.2) is 73.2 Å². The number of alkyl carbamates (subject to hydrolysis) is 2. The van der Waals surface area contributed by atoms with E-state index < -0.39 is 30.3 Å². The Bertz CT molecular complexity index is 2220. The number of benzene rings is 2. The molecule has 0 aliphatic carbocycles. The van der Waals surface area contributed by atoms with Crippen LogP contribution in [0.25, 0.3) is 27.5 Å². The zero-order valence-corrected chi connectivity index (χ0v) is 32.9. The Morgan fingerprint density at radius 3 is 2.23 bits per heavy atom. The molecule has 2 aliphatic rings. The van der Waals surface area contributed by atoms with Crippen LogP contribution in [0.3, 0.4) is 0 Å². The van der Waals surface area contributed by atoms with Crippen molar-refractivity contribution in [2.24, 2.45) is 5.92 Å². The molecule has 2 fully saturated rings. The topological polar surface area (TPSA) is 192 Å². The van der Waals surface area contributed by atoms with Crippen molar-refractivity contribution in [2.45, 2.75) is 63.7 Å². The fraction of sp³-hybridized carbons (Fsp3) is 0.375. The highest BCUT2D eigenvalue weighted by atomic mass is 32.1. The number of imidazole rings is 2. The van der Waals surface area contributed by atoms with Gasteiger partial charge in [-0.1, -0.05) is 79.8 Å². The molecule has 17 heteroatoms. The fourth-order valence-electron chi connectivity index (χ4n) is 7.44. The van der Waals surface area contributed by atoms with Gasteiger partial charge in [0, 0.05) is 31.0 Å². The summed E-state index contributed by atoms with van der Waals surface area (Å²) in [6, 6.07) is 14.2. The zero-order chi connectivity index (χ0) is 40.2. The number of hydrogen-bond donors (Lipinski definition) is 4. The van der Waals surface area contributed by atoms with Crippen molar-refractivity contribution >= 4 is 51.2 Å². The van der Waals surface area contributed by atoms with Crippen LogP contribution in [-0.4, -0.2) is 98.5 Å². The average Bonchev–Trinajstić information content (AvgIpc) is 4.07. The first kappa shape index (κ1) is 39.0. The van der Waals surface area contributed by atoms with Gasteiger partial charge in [0.2, 0.25) is 11.8 Å². The van der Waals surface area contributed by atoms with Gasteiger partial charge >= 0.3 is 12.2 Å². The molecule has 3 aromatic heterocycles. The van der Waals surface area contributed by atoms with Crippen molar-refractivity contribution in [1.82, 2.24) is 39.8 Å². The van der Waals surface area contributed by atoms with Crippen molar-refractivity contribution in [3.8, 4) is 22.5 Å². The number of aromatic nitrogens is 4. The maximum absolute atomic E-state index is 13.7. The molecule has 2 saturated heterocycles. The monoisotopic (exact) mass is 795 g/mol. The standard InChI is InChI=1S/C40H45N9O7S/c1-23(2)32(45-39(53)55-3)36(51)48-18-8-12-29(48)34-41-20-27(42-34)24-14-16-25(17-15-24)28-21-47-22-31(57-38(47)43-28)44-35(50)30-13-9-19-49(30)37(52)33(46-40(54)56-4)26-10-6-5-7-11-26/h5-7,10-11,14-17,20-23,29-30,32-33H,8-9,12-13,18-19H2,1-4H3,(H,41,42)(H,44,50)(H,45,53)(H,46,54). The van der Waals surface area contributed by atoms with Crippen molar-refractivity contribution in [2.75, 3.05) is 32.6 Å². The summed E-state index contributed by atoms with van der Waals surface area (Å²) in [5.41, 5.74) is 3.98. The summed E-state index contributed by atoms with van der Waals surface area (Å²) in [4.78, 5) is 81.7. The number of carbonyl (C=O) groups is 5. The van der Waals surface area contributed by atoms with Gasteiger partial charge in [-0.3, -0.25) is 18.8 Å². The first-order valence-corrected chi connectivity index (χ1v) is 19.7. The number of nitrogens with one attached hydrogen (secondary N) is 4. The van der Waals surface area contributed by atoms with E-state index in [4.69, 9.17) is 14.5 Å². The van der Waals surface area contributed by atoms with Crippen LogP contribution in [-0.2, 0) is 23.9 Å². The molecule has 0 bridgehead atoms. The highest BCUT2D eigenvalue weighted by Gasteiger charge is 2.39. The number of H-pyrrole nitrogens is 1. The van der Waals surface area contributed by atoms with E-state index in [9.17, 15) is 24.0 Å². The van der Waals surface area contributed by atoms with E-state index >= 15 is 0 Å². The second-order valence-corrected chi connectivity index (χ2v) is 15.4. The molecule has 2 aliphatic heterocycles. The smallest absolute Gasteiger partial charge is 0.407 e. The first-order chi connectivity index (χ1) is 27.5. The normalized spacial score (nSPS) is 17.7. The third-order valence-electron chi connectivity index (χ3n) is 10.4. The number of anilines is 1. The van der Waals surface area contributed by atoms with E-state index in [0.29, 0.717) is 47.3 Å². The van der Waals surface area contributed by atoms with E-state index in [-0.39, 0.29) is 29.7 Å². The quantitative estimate of drug-likeness (QED) is 0.133. The minimum atomic E-state index is -0.997. The fourth-order valence-corrected chi connectivity index (χ4v) is 8.31. The lowest BCUT2D eigenvalue weighted by Crippen LogP contribution is -2.51. The number of nitrogens with zero attached hydrogens (tertiary/aromatic N) is 5. The molecule has 7 rings (SSSR count). The molecule has 4 N–H and O–H groups in total. The maximum atomic E-state index is 13.7. The van der Waals surface area contributed by atoms with Crippen LogP contribution < -0.4 is 16.0 Å². The minimum Gasteiger partial charge on any atom is -0.453 e. The average molecular weight is 796 g/mol. The Kier molecular flexibility index (Phi) is 11.5. The molecule has 0 radical (unpaired) electrons. The highest BCUT2D eigenvalue weighted by molar-refractivity contribution is 7.21. The molecule has 5 heterocycles. The summed E-state index contributed by atoms with van der Waals surface area (Å²) in [5.74, 6) is -0.283. The lowest BCUT2D eigenvalue weighted by atomic mass is 10.0. The molecule has 5 aromatic rings. The van der Waals surface area contributed by atoms with Gasteiger partial charge in [-0.2, -0.15) is 0 Å². The number of ether oxygens (including phenoxy) is 2. The Labute approximate surface area is 333 Å². The van der Waals surface area contributed by atoms with E-state index in [1.165, 1.54) is 30.5 Å². The SMILES string of the molecule is COC(=O)NC(C(=O)N1CCCC1C(=O)Nc1cn2cc(-c3ccc(-c4cnc(C5CCCN5C(=O)C(NC(=O)OC)C(C)C)[nH]4)cc3)nc2s1)c1ccccc1. The minimum absolute atomic E-state index is 0.122. The Balaban J connectivity index is 0.994.